The van der Waals surface area contributed by atoms with Gasteiger partial charge in [-0.2, -0.15) is 0 Å². The molecule has 0 saturated carbocycles. The molecule has 0 amide bonds. The fourth-order valence-electron chi connectivity index (χ4n) is 5.06. The van der Waals surface area contributed by atoms with Crippen molar-refractivity contribution < 1.29 is 0 Å². The number of H-pyrrole nitrogens is 1. The first-order valence-electron chi connectivity index (χ1n) is 10.9. The summed E-state index contributed by atoms with van der Waals surface area (Å²) < 4.78 is 0. The molecule has 2 bridgehead atoms. The molecule has 0 aliphatic heterocycles. The summed E-state index contributed by atoms with van der Waals surface area (Å²) in [5.74, 6) is 0.293. The first kappa shape index (κ1) is 20.3. The lowest BCUT2D eigenvalue weighted by Gasteiger charge is -2.45. The number of nitrogens with one attached hydrogen (secondary N) is 1. The number of benzene rings is 1. The molecular formula is C27H30N2O. The number of allylic oxidation sites excluding steroid dienone is 3. The predicted molar refractivity (Wildman–Crippen MR) is 126 cm³/mol. The number of pyridine rings is 1. The minimum Gasteiger partial charge on any atom is -0.326 e. The monoisotopic (exact) mass is 398 g/mol. The van der Waals surface area contributed by atoms with Crippen molar-refractivity contribution >= 4 is 12.3 Å². The van der Waals surface area contributed by atoms with Gasteiger partial charge in [0.1, 0.15) is 5.54 Å². The largest absolute Gasteiger partial charge is 0.326 e. The molecule has 3 heteroatoms. The molecule has 2 aliphatic carbocycles. The maximum Gasteiger partial charge on any atom is 0.248 e. The Labute approximate surface area is 179 Å². The number of rotatable bonds is 5. The number of hydrogen-bond donors (Lipinski definition) is 1. The van der Waals surface area contributed by atoms with Crippen molar-refractivity contribution in [1.29, 1.82) is 0 Å². The van der Waals surface area contributed by atoms with E-state index in [1.165, 1.54) is 28.7 Å². The summed E-state index contributed by atoms with van der Waals surface area (Å²) in [7, 11) is 0. The highest BCUT2D eigenvalue weighted by Gasteiger charge is 2.46. The quantitative estimate of drug-likeness (QED) is 0.504. The van der Waals surface area contributed by atoms with E-state index in [-0.39, 0.29) is 5.56 Å². The minimum absolute atomic E-state index is 0.0398. The van der Waals surface area contributed by atoms with Gasteiger partial charge in [0.15, 0.2) is 0 Å². The second-order valence-corrected chi connectivity index (χ2v) is 8.45. The number of aliphatic imine (C=N–C) groups is 1. The Morgan fingerprint density at radius 2 is 2.00 bits per heavy atom. The van der Waals surface area contributed by atoms with Crippen LogP contribution < -0.4 is 5.56 Å². The molecule has 154 valence electrons. The Hall–Kier alpha value is -2.94. The second kappa shape index (κ2) is 8.43. The molecule has 1 aromatic carbocycles. The van der Waals surface area contributed by atoms with Crippen LogP contribution in [0.15, 0.2) is 75.6 Å². The molecule has 0 spiro atoms. The van der Waals surface area contributed by atoms with Gasteiger partial charge in [-0.3, -0.25) is 9.79 Å². The number of aryl methyl sites for hydroxylation is 1. The van der Waals surface area contributed by atoms with E-state index in [1.807, 2.05) is 18.4 Å². The van der Waals surface area contributed by atoms with Crippen molar-refractivity contribution in [3.8, 4) is 0 Å². The van der Waals surface area contributed by atoms with Gasteiger partial charge < -0.3 is 4.98 Å². The summed E-state index contributed by atoms with van der Waals surface area (Å²) >= 11 is 0. The Kier molecular flexibility index (Phi) is 5.72. The standard InChI is InChI=1S/C27H30N2O/c1-4-7-20-9-11-21(12-10-20)8-6-15-28-27-18-19(3)16-22(23(27)5-2)17-25-24(27)13-14-26(30)29-25/h5-6,8-16,22H,4,7,17-18H2,1-3H3,(H,29,30). The smallest absolute Gasteiger partial charge is 0.248 e. The zero-order valence-corrected chi connectivity index (χ0v) is 18.1. The average Bonchev–Trinajstić information content (AvgIpc) is 2.72. The van der Waals surface area contributed by atoms with E-state index in [2.05, 4.69) is 68.2 Å². The molecule has 2 unspecified atom stereocenters. The minimum atomic E-state index is -0.425. The van der Waals surface area contributed by atoms with Gasteiger partial charge >= 0.3 is 0 Å². The number of nitrogens with zero attached hydrogens (tertiary/aromatic N) is 1. The molecule has 2 aliphatic rings. The number of aromatic nitrogens is 1. The lowest BCUT2D eigenvalue weighted by molar-refractivity contribution is 0.413. The van der Waals surface area contributed by atoms with Gasteiger partial charge in [0.05, 0.1) is 0 Å². The molecule has 30 heavy (non-hydrogen) atoms. The van der Waals surface area contributed by atoms with Crippen LogP contribution in [0.2, 0.25) is 0 Å². The third-order valence-corrected chi connectivity index (χ3v) is 6.27. The summed E-state index contributed by atoms with van der Waals surface area (Å²) in [6.07, 6.45) is 14.6. The summed E-state index contributed by atoms with van der Waals surface area (Å²) in [4.78, 5) is 20.1. The molecule has 2 aromatic rings. The van der Waals surface area contributed by atoms with Crippen molar-refractivity contribution in [2.45, 2.75) is 52.0 Å². The highest BCUT2D eigenvalue weighted by molar-refractivity contribution is 5.79. The Morgan fingerprint density at radius 1 is 1.20 bits per heavy atom. The summed E-state index contributed by atoms with van der Waals surface area (Å²) in [5.41, 5.74) is 6.94. The summed E-state index contributed by atoms with van der Waals surface area (Å²) in [6.45, 7) is 6.49. The normalized spacial score (nSPS) is 24.4. The molecule has 2 atom stereocenters. The Morgan fingerprint density at radius 3 is 2.73 bits per heavy atom. The molecule has 1 N–H and O–H groups in total. The van der Waals surface area contributed by atoms with Crippen LogP contribution in [0.5, 0.6) is 0 Å². The van der Waals surface area contributed by atoms with Gasteiger partial charge in [-0.05, 0) is 55.5 Å². The van der Waals surface area contributed by atoms with Crippen molar-refractivity contribution in [1.82, 2.24) is 4.98 Å². The van der Waals surface area contributed by atoms with Crippen LogP contribution in [0, 0.1) is 5.92 Å². The molecule has 1 aromatic heterocycles. The maximum absolute atomic E-state index is 11.9. The van der Waals surface area contributed by atoms with Crippen molar-refractivity contribution in [3.63, 3.8) is 0 Å². The van der Waals surface area contributed by atoms with Gasteiger partial charge in [-0.1, -0.05) is 61.4 Å². The topological polar surface area (TPSA) is 45.2 Å². The maximum atomic E-state index is 11.9. The van der Waals surface area contributed by atoms with Gasteiger partial charge in [-0.15, -0.1) is 0 Å². The SMILES string of the molecule is CC=C1C2C=C(C)CC1(N=CC=Cc1ccc(CCC)cc1)c1ccc(=O)[nH]c1C2. The van der Waals surface area contributed by atoms with E-state index < -0.39 is 5.54 Å². The van der Waals surface area contributed by atoms with E-state index in [0.717, 1.165) is 30.5 Å². The second-order valence-electron chi connectivity index (χ2n) is 8.45. The van der Waals surface area contributed by atoms with Crippen LogP contribution in [0.25, 0.3) is 6.08 Å². The average molecular weight is 399 g/mol. The highest BCUT2D eigenvalue weighted by atomic mass is 16.1. The predicted octanol–water partition coefficient (Wildman–Crippen LogP) is 5.78. The van der Waals surface area contributed by atoms with Crippen molar-refractivity contribution in [3.05, 3.63) is 98.5 Å². The van der Waals surface area contributed by atoms with E-state index in [4.69, 9.17) is 4.99 Å². The molecule has 4 rings (SSSR count). The lowest BCUT2D eigenvalue weighted by atomic mass is 9.63. The van der Waals surface area contributed by atoms with Crippen molar-refractivity contribution in [2.24, 2.45) is 10.9 Å². The van der Waals surface area contributed by atoms with Gasteiger partial charge in [0.25, 0.3) is 0 Å². The van der Waals surface area contributed by atoms with Gasteiger partial charge in [-0.25, -0.2) is 0 Å². The Balaban J connectivity index is 1.68. The molecule has 0 fully saturated rings. The van der Waals surface area contributed by atoms with Crippen LogP contribution in [0.1, 0.15) is 56.0 Å². The number of fused-ring (bicyclic) bond motifs is 4. The summed E-state index contributed by atoms with van der Waals surface area (Å²) in [6, 6.07) is 12.3. The molecule has 0 radical (unpaired) electrons. The number of hydrogen-bond acceptors (Lipinski definition) is 2. The molecule has 1 heterocycles. The van der Waals surface area contributed by atoms with E-state index >= 15 is 0 Å². The lowest BCUT2D eigenvalue weighted by Crippen LogP contribution is -2.40. The fraction of sp³-hybridized carbons (Fsp3) is 0.333. The van der Waals surface area contributed by atoms with Crippen LogP contribution in [0.3, 0.4) is 0 Å². The van der Waals surface area contributed by atoms with Gasteiger partial charge in [0.2, 0.25) is 5.56 Å². The van der Waals surface area contributed by atoms with E-state index in [0.29, 0.717) is 5.92 Å². The van der Waals surface area contributed by atoms with Crippen LogP contribution in [0.4, 0.5) is 0 Å². The zero-order chi connectivity index (χ0) is 21.1. The first-order valence-corrected chi connectivity index (χ1v) is 10.9. The van der Waals surface area contributed by atoms with E-state index in [9.17, 15) is 4.79 Å². The Bertz CT molecular complexity index is 1100. The fourth-order valence-corrected chi connectivity index (χ4v) is 5.06. The zero-order valence-electron chi connectivity index (χ0n) is 18.1. The molecular weight excluding hydrogens is 368 g/mol. The van der Waals surface area contributed by atoms with Crippen LogP contribution in [-0.2, 0) is 18.4 Å². The van der Waals surface area contributed by atoms with Crippen molar-refractivity contribution in [2.75, 3.05) is 0 Å². The van der Waals surface area contributed by atoms with E-state index in [1.54, 1.807) is 6.07 Å². The third-order valence-electron chi connectivity index (χ3n) is 6.27. The molecule has 3 nitrogen and oxygen atoms in total. The third kappa shape index (κ3) is 3.77. The van der Waals surface area contributed by atoms with Crippen LogP contribution in [-0.4, -0.2) is 11.2 Å². The van der Waals surface area contributed by atoms with Crippen LogP contribution >= 0.6 is 0 Å². The van der Waals surface area contributed by atoms with Gasteiger partial charge in [0, 0.05) is 35.9 Å². The number of aromatic amines is 1. The first-order chi connectivity index (χ1) is 14.6. The highest BCUT2D eigenvalue weighted by Crippen LogP contribution is 2.51. The molecule has 0 saturated heterocycles. The summed E-state index contributed by atoms with van der Waals surface area (Å²) in [5, 5.41) is 0.